The number of morpholine rings is 1. The minimum Gasteiger partial charge on any atom is -0.379 e. The van der Waals surface area contributed by atoms with E-state index in [0.717, 1.165) is 11.1 Å². The number of benzene rings is 3. The quantitative estimate of drug-likeness (QED) is 0.543. The van der Waals surface area contributed by atoms with Crippen LogP contribution in [0.5, 0.6) is 0 Å². The maximum absolute atomic E-state index is 12.7. The summed E-state index contributed by atoms with van der Waals surface area (Å²) in [7, 11) is -3.56. The molecule has 3 aromatic rings. The van der Waals surface area contributed by atoms with Gasteiger partial charge in [-0.1, -0.05) is 42.5 Å². The van der Waals surface area contributed by atoms with Gasteiger partial charge in [0.15, 0.2) is 5.11 Å². The highest BCUT2D eigenvalue weighted by Gasteiger charge is 2.26. The number of carbonyl (C=O) groups is 1. The van der Waals surface area contributed by atoms with Crippen LogP contribution in [0.15, 0.2) is 83.8 Å². The molecule has 9 heteroatoms. The monoisotopic (exact) mass is 481 g/mol. The number of thiocarbonyl (C=S) groups is 1. The molecular weight excluding hydrogens is 458 g/mol. The molecule has 1 fully saturated rings. The minimum atomic E-state index is -3.56. The van der Waals surface area contributed by atoms with Gasteiger partial charge in [0.05, 0.1) is 18.1 Å². The maximum Gasteiger partial charge on any atom is 0.257 e. The summed E-state index contributed by atoms with van der Waals surface area (Å²) >= 11 is 5.24. The summed E-state index contributed by atoms with van der Waals surface area (Å²) < 4.78 is 32.0. The van der Waals surface area contributed by atoms with Crippen LogP contribution in [0.2, 0.25) is 0 Å². The fourth-order valence-corrected chi connectivity index (χ4v) is 5.05. The number of anilines is 1. The van der Waals surface area contributed by atoms with E-state index >= 15 is 0 Å². The molecule has 1 heterocycles. The molecule has 170 valence electrons. The van der Waals surface area contributed by atoms with Crippen LogP contribution >= 0.6 is 12.2 Å². The Bertz CT molecular complexity index is 1220. The van der Waals surface area contributed by atoms with Crippen molar-refractivity contribution < 1.29 is 17.9 Å². The van der Waals surface area contributed by atoms with Gasteiger partial charge in [-0.3, -0.25) is 10.1 Å². The summed E-state index contributed by atoms with van der Waals surface area (Å²) in [6, 6.07) is 23.4. The van der Waals surface area contributed by atoms with Crippen molar-refractivity contribution in [1.82, 2.24) is 9.62 Å². The van der Waals surface area contributed by atoms with Crippen LogP contribution in [0, 0.1) is 0 Å². The molecule has 0 spiro atoms. The summed E-state index contributed by atoms with van der Waals surface area (Å²) in [6.07, 6.45) is 0. The van der Waals surface area contributed by atoms with Gasteiger partial charge < -0.3 is 10.1 Å². The van der Waals surface area contributed by atoms with E-state index in [4.69, 9.17) is 17.0 Å². The molecule has 1 saturated heterocycles. The summed E-state index contributed by atoms with van der Waals surface area (Å²) in [6.45, 7) is 1.46. The Hall–Kier alpha value is -3.11. The predicted octanol–water partition coefficient (Wildman–Crippen LogP) is 3.50. The van der Waals surface area contributed by atoms with Gasteiger partial charge in [-0.2, -0.15) is 4.31 Å². The van der Waals surface area contributed by atoms with E-state index in [9.17, 15) is 13.2 Å². The van der Waals surface area contributed by atoms with Crippen LogP contribution < -0.4 is 10.6 Å². The highest BCUT2D eigenvalue weighted by Crippen LogP contribution is 2.20. The first-order valence-corrected chi connectivity index (χ1v) is 12.2. The first-order chi connectivity index (χ1) is 15.9. The van der Waals surface area contributed by atoms with Gasteiger partial charge >= 0.3 is 0 Å². The smallest absolute Gasteiger partial charge is 0.257 e. The van der Waals surface area contributed by atoms with Crippen molar-refractivity contribution in [3.05, 3.63) is 84.4 Å². The Morgan fingerprint density at radius 2 is 1.45 bits per heavy atom. The Balaban J connectivity index is 1.35. The zero-order chi connectivity index (χ0) is 23.3. The second-order valence-corrected chi connectivity index (χ2v) is 9.74. The van der Waals surface area contributed by atoms with Crippen molar-refractivity contribution in [2.45, 2.75) is 4.90 Å². The molecule has 0 saturated carbocycles. The van der Waals surface area contributed by atoms with E-state index < -0.39 is 10.0 Å². The topological polar surface area (TPSA) is 87.7 Å². The fourth-order valence-electron chi connectivity index (χ4n) is 3.43. The van der Waals surface area contributed by atoms with E-state index in [1.54, 1.807) is 24.3 Å². The highest BCUT2D eigenvalue weighted by atomic mass is 32.2. The molecule has 2 N–H and O–H groups in total. The van der Waals surface area contributed by atoms with Crippen LogP contribution in [0.4, 0.5) is 5.69 Å². The van der Waals surface area contributed by atoms with Crippen molar-refractivity contribution in [3.8, 4) is 11.1 Å². The molecule has 7 nitrogen and oxygen atoms in total. The third-order valence-corrected chi connectivity index (χ3v) is 7.32. The van der Waals surface area contributed by atoms with Crippen LogP contribution in [-0.4, -0.2) is 50.0 Å². The van der Waals surface area contributed by atoms with Gasteiger partial charge in [0.1, 0.15) is 0 Å². The summed E-state index contributed by atoms with van der Waals surface area (Å²) in [5.74, 6) is -0.335. The average molecular weight is 482 g/mol. The van der Waals surface area contributed by atoms with Crippen LogP contribution in [-0.2, 0) is 14.8 Å². The Morgan fingerprint density at radius 1 is 0.848 bits per heavy atom. The van der Waals surface area contributed by atoms with Crippen molar-refractivity contribution >= 4 is 38.9 Å². The molecule has 1 amide bonds. The number of amides is 1. The number of rotatable bonds is 5. The lowest BCUT2D eigenvalue weighted by Crippen LogP contribution is -2.40. The first kappa shape index (κ1) is 23.1. The molecule has 33 heavy (non-hydrogen) atoms. The lowest BCUT2D eigenvalue weighted by Gasteiger charge is -2.26. The Labute approximate surface area is 198 Å². The minimum absolute atomic E-state index is 0.121. The lowest BCUT2D eigenvalue weighted by molar-refractivity contribution is 0.0730. The van der Waals surface area contributed by atoms with Crippen LogP contribution in [0.25, 0.3) is 11.1 Å². The number of nitrogens with zero attached hydrogens (tertiary/aromatic N) is 1. The molecule has 0 bridgehead atoms. The van der Waals surface area contributed by atoms with Gasteiger partial charge in [0, 0.05) is 24.3 Å². The second kappa shape index (κ2) is 10.2. The molecule has 0 aromatic heterocycles. The van der Waals surface area contributed by atoms with Gasteiger partial charge in [-0.15, -0.1) is 0 Å². The Morgan fingerprint density at radius 3 is 2.09 bits per heavy atom. The molecule has 1 aliphatic heterocycles. The number of nitrogens with one attached hydrogen (secondary N) is 2. The highest BCUT2D eigenvalue weighted by molar-refractivity contribution is 7.89. The van der Waals surface area contributed by atoms with E-state index in [2.05, 4.69) is 10.6 Å². The van der Waals surface area contributed by atoms with Crippen LogP contribution in [0.3, 0.4) is 0 Å². The van der Waals surface area contributed by atoms with Crippen molar-refractivity contribution in [2.75, 3.05) is 31.6 Å². The van der Waals surface area contributed by atoms with Gasteiger partial charge in [-0.25, -0.2) is 8.42 Å². The van der Waals surface area contributed by atoms with E-state index in [1.807, 2.05) is 42.5 Å². The van der Waals surface area contributed by atoms with Gasteiger partial charge in [0.2, 0.25) is 10.0 Å². The zero-order valence-corrected chi connectivity index (χ0v) is 19.4. The zero-order valence-electron chi connectivity index (χ0n) is 17.7. The van der Waals surface area contributed by atoms with Crippen molar-refractivity contribution in [1.29, 1.82) is 0 Å². The molecule has 0 atom stereocenters. The molecule has 0 radical (unpaired) electrons. The number of hydrogen-bond acceptors (Lipinski definition) is 5. The van der Waals surface area contributed by atoms with E-state index in [1.165, 1.54) is 16.4 Å². The molecule has 3 aromatic carbocycles. The van der Waals surface area contributed by atoms with Gasteiger partial charge in [-0.05, 0) is 59.7 Å². The molecule has 1 aliphatic rings. The molecule has 0 unspecified atom stereocenters. The number of carbonyl (C=O) groups excluding carboxylic acids is 1. The third-order valence-electron chi connectivity index (χ3n) is 5.20. The number of hydrogen-bond donors (Lipinski definition) is 2. The van der Waals surface area contributed by atoms with Gasteiger partial charge in [0.25, 0.3) is 5.91 Å². The van der Waals surface area contributed by atoms with Crippen molar-refractivity contribution in [2.24, 2.45) is 0 Å². The fraction of sp³-hybridized carbons (Fsp3) is 0.167. The number of ether oxygens (including phenoxy) is 1. The largest absolute Gasteiger partial charge is 0.379 e. The van der Waals surface area contributed by atoms with Crippen molar-refractivity contribution in [3.63, 3.8) is 0 Å². The summed E-state index contributed by atoms with van der Waals surface area (Å²) in [4.78, 5) is 12.7. The van der Waals surface area contributed by atoms with E-state index in [0.29, 0.717) is 37.6 Å². The molecule has 4 rings (SSSR count). The standard InChI is InChI=1S/C24H23N3O4S2/c28-23(20-8-6-19(7-9-20)18-4-2-1-3-5-18)26-24(32)25-21-10-12-22(13-11-21)33(29,30)27-14-16-31-17-15-27/h1-13H,14-17H2,(H2,25,26,28,32). The average Bonchev–Trinajstić information content (AvgIpc) is 2.85. The van der Waals surface area contributed by atoms with Crippen LogP contribution in [0.1, 0.15) is 10.4 Å². The lowest BCUT2D eigenvalue weighted by atomic mass is 10.0. The normalized spacial score (nSPS) is 14.4. The first-order valence-electron chi connectivity index (χ1n) is 10.4. The summed E-state index contributed by atoms with van der Waals surface area (Å²) in [5, 5.41) is 5.67. The Kier molecular flexibility index (Phi) is 7.14. The SMILES string of the molecule is O=C(NC(=S)Nc1ccc(S(=O)(=O)N2CCOCC2)cc1)c1ccc(-c2ccccc2)cc1. The number of sulfonamides is 1. The third kappa shape index (κ3) is 5.63. The van der Waals surface area contributed by atoms with E-state index in [-0.39, 0.29) is 15.9 Å². The predicted molar refractivity (Wildman–Crippen MR) is 132 cm³/mol. The maximum atomic E-state index is 12.7. The summed E-state index contributed by atoms with van der Waals surface area (Å²) in [5.41, 5.74) is 3.13. The second-order valence-electron chi connectivity index (χ2n) is 7.39. The molecule has 0 aliphatic carbocycles. The molecular formula is C24H23N3O4S2.